The van der Waals surface area contributed by atoms with Gasteiger partial charge in [-0.05, 0) is 172 Å². The molecule has 2 aliphatic rings. The topological polar surface area (TPSA) is 110 Å². The summed E-state index contributed by atoms with van der Waals surface area (Å²) in [6.07, 6.45) is 11.6. The summed E-state index contributed by atoms with van der Waals surface area (Å²) in [4.78, 5) is 27.3. The van der Waals surface area contributed by atoms with Crippen LogP contribution in [0.2, 0.25) is 0 Å². The van der Waals surface area contributed by atoms with E-state index < -0.39 is 0 Å². The van der Waals surface area contributed by atoms with E-state index in [1.807, 2.05) is 0 Å². The molecule has 0 heterocycles. The van der Waals surface area contributed by atoms with Crippen molar-refractivity contribution < 1.29 is 9.59 Å². The molecule has 0 spiro atoms. The summed E-state index contributed by atoms with van der Waals surface area (Å²) in [6.45, 7) is 16.8. The van der Waals surface area contributed by atoms with Crippen LogP contribution in [0.15, 0.2) is 72.8 Å². The van der Waals surface area contributed by atoms with Crippen LogP contribution in [0.5, 0.6) is 0 Å². The number of nitrogen functional groups attached to an aromatic ring is 2. The molecule has 6 nitrogen and oxygen atoms in total. The number of hydrogen-bond acceptors (Lipinski definition) is 4. The second-order valence-electron chi connectivity index (χ2n) is 17.8. The Morgan fingerprint density at radius 1 is 0.414 bits per heavy atom. The van der Waals surface area contributed by atoms with Gasteiger partial charge in [0.15, 0.2) is 0 Å². The van der Waals surface area contributed by atoms with E-state index in [0.717, 1.165) is 92.9 Å². The summed E-state index contributed by atoms with van der Waals surface area (Å²) in [5, 5.41) is 6.40. The highest BCUT2D eigenvalue weighted by Gasteiger charge is 2.38. The summed E-state index contributed by atoms with van der Waals surface area (Å²) in [5.74, 6) is -0.401. The Labute approximate surface area is 346 Å². The van der Waals surface area contributed by atoms with Crippen molar-refractivity contribution in [3.8, 4) is 0 Å². The molecule has 2 fully saturated rings. The van der Waals surface area contributed by atoms with Crippen LogP contribution in [0.25, 0.3) is 0 Å². The lowest BCUT2D eigenvalue weighted by Gasteiger charge is -2.40. The lowest BCUT2D eigenvalue weighted by molar-refractivity contribution is 0.101. The number of benzene rings is 5. The monoisotopic (exact) mass is 774 g/mol. The largest absolute Gasteiger partial charge is 0.398 e. The highest BCUT2D eigenvalue weighted by molar-refractivity contribution is 6.08. The van der Waals surface area contributed by atoms with E-state index in [-0.39, 0.29) is 22.6 Å². The highest BCUT2D eigenvalue weighted by atomic mass is 16.2. The van der Waals surface area contributed by atoms with Gasteiger partial charge in [0, 0.05) is 44.7 Å². The fourth-order valence-electron chi connectivity index (χ4n) is 10.3. The third-order valence-corrected chi connectivity index (χ3v) is 13.8. The van der Waals surface area contributed by atoms with Gasteiger partial charge in [0.1, 0.15) is 0 Å². The zero-order chi connectivity index (χ0) is 41.5. The van der Waals surface area contributed by atoms with Crippen molar-refractivity contribution >= 4 is 34.6 Å². The van der Waals surface area contributed by atoms with Gasteiger partial charge in [-0.2, -0.15) is 0 Å². The predicted octanol–water partition coefficient (Wildman–Crippen LogP) is 12.3. The van der Waals surface area contributed by atoms with Crippen molar-refractivity contribution in [2.24, 2.45) is 0 Å². The Hall–Kier alpha value is -5.36. The molecule has 6 heteroatoms. The number of rotatable bonds is 8. The number of aryl methyl sites for hydroxylation is 8. The van der Waals surface area contributed by atoms with Gasteiger partial charge in [0.2, 0.25) is 0 Å². The number of carbonyl (C=O) groups excluding carboxylic acids is 2. The zero-order valence-corrected chi connectivity index (χ0v) is 36.0. The molecular formula is C52H62N4O2. The molecule has 0 aromatic heterocycles. The molecule has 5 aromatic carbocycles. The number of amides is 2. The Morgan fingerprint density at radius 2 is 0.655 bits per heavy atom. The van der Waals surface area contributed by atoms with Gasteiger partial charge in [0.05, 0.1) is 0 Å². The zero-order valence-electron chi connectivity index (χ0n) is 36.0. The normalized spacial score (nSPS) is 16.1. The van der Waals surface area contributed by atoms with Crippen molar-refractivity contribution in [3.63, 3.8) is 0 Å². The lowest BCUT2D eigenvalue weighted by atomic mass is 9.64. The van der Waals surface area contributed by atoms with Crippen LogP contribution in [-0.4, -0.2) is 11.8 Å². The van der Waals surface area contributed by atoms with Crippen molar-refractivity contribution in [1.82, 2.24) is 0 Å². The number of anilines is 4. The lowest BCUT2D eigenvalue weighted by Crippen LogP contribution is -2.31. The summed E-state index contributed by atoms with van der Waals surface area (Å²) >= 11 is 0. The van der Waals surface area contributed by atoms with Crippen LogP contribution in [0.1, 0.15) is 152 Å². The van der Waals surface area contributed by atoms with E-state index >= 15 is 0 Å². The van der Waals surface area contributed by atoms with Crippen molar-refractivity contribution in [2.75, 3.05) is 22.1 Å². The van der Waals surface area contributed by atoms with Gasteiger partial charge < -0.3 is 22.1 Å². The molecule has 0 aliphatic heterocycles. The molecule has 6 N–H and O–H groups in total. The van der Waals surface area contributed by atoms with Crippen LogP contribution >= 0.6 is 0 Å². The summed E-state index contributed by atoms with van der Waals surface area (Å²) in [6, 6.07) is 25.2. The smallest absolute Gasteiger partial charge is 0.255 e. The minimum absolute atomic E-state index is 0.0807. The Morgan fingerprint density at radius 3 is 0.914 bits per heavy atom. The molecule has 2 saturated carbocycles. The molecule has 0 bridgehead atoms. The van der Waals surface area contributed by atoms with Crippen LogP contribution in [0.4, 0.5) is 22.7 Å². The molecule has 7 rings (SSSR count). The molecule has 0 unspecified atom stereocenters. The maximum atomic E-state index is 13.7. The summed E-state index contributed by atoms with van der Waals surface area (Å²) in [7, 11) is 0. The quantitative estimate of drug-likeness (QED) is 0.118. The van der Waals surface area contributed by atoms with Gasteiger partial charge in [0.25, 0.3) is 11.8 Å². The Balaban J connectivity index is 1.08. The van der Waals surface area contributed by atoms with Gasteiger partial charge in [-0.25, -0.2) is 0 Å². The SMILES string of the molecule is Cc1cc(C2(c3cc(C)c(NC(=O)c4ccc(C(=O)Nc5c(C)cc(C6(c7cc(C)c(N)c(C)c7)CCCCC6)cc5C)cc4)c(C)c3)CCCCC2)cc(C)c1N. The number of hydrogen-bond donors (Lipinski definition) is 4. The molecule has 0 saturated heterocycles. The van der Waals surface area contributed by atoms with E-state index in [1.54, 1.807) is 24.3 Å². The first-order valence-electron chi connectivity index (χ1n) is 21.3. The van der Waals surface area contributed by atoms with E-state index in [4.69, 9.17) is 11.5 Å². The first-order valence-corrected chi connectivity index (χ1v) is 21.3. The van der Waals surface area contributed by atoms with Crippen molar-refractivity contribution in [1.29, 1.82) is 0 Å². The molecule has 0 radical (unpaired) electrons. The molecule has 0 atom stereocenters. The minimum atomic E-state index is -0.200. The van der Waals surface area contributed by atoms with Gasteiger partial charge in [-0.3, -0.25) is 9.59 Å². The third-order valence-electron chi connectivity index (χ3n) is 13.8. The maximum absolute atomic E-state index is 13.7. The first-order chi connectivity index (χ1) is 27.6. The molecule has 58 heavy (non-hydrogen) atoms. The Kier molecular flexibility index (Phi) is 11.3. The van der Waals surface area contributed by atoms with Crippen molar-refractivity contribution in [2.45, 2.75) is 130 Å². The number of nitrogens with two attached hydrogens (primary N) is 2. The van der Waals surface area contributed by atoms with Gasteiger partial charge >= 0.3 is 0 Å². The highest BCUT2D eigenvalue weighted by Crippen LogP contribution is 2.49. The molecule has 2 amide bonds. The standard InChI is InChI=1S/C52H62N4O2/c1-31-23-41(24-32(2)45(31)53)51(19-11-9-12-20-51)43-27-35(5)47(36(6)28-43)55-49(57)39-15-17-40(18-16-39)50(58)56-48-37(7)29-44(30-38(48)8)52(21-13-10-14-22-52)42-25-33(3)46(54)34(4)26-42/h15-18,23-30H,9-14,19-22,53-54H2,1-8H3,(H,55,57)(H,56,58). The second kappa shape index (κ2) is 16.1. The number of nitrogens with one attached hydrogen (secondary N) is 2. The third kappa shape index (κ3) is 7.54. The van der Waals surface area contributed by atoms with Crippen molar-refractivity contribution in [3.05, 3.63) is 151 Å². The van der Waals surface area contributed by atoms with E-state index in [2.05, 4.69) is 115 Å². The van der Waals surface area contributed by atoms with Crippen LogP contribution < -0.4 is 22.1 Å². The fourth-order valence-corrected chi connectivity index (χ4v) is 10.3. The Bertz CT molecular complexity index is 2130. The summed E-state index contributed by atoms with van der Waals surface area (Å²) < 4.78 is 0. The molecule has 302 valence electrons. The van der Waals surface area contributed by atoms with Crippen LogP contribution in [0, 0.1) is 55.4 Å². The van der Waals surface area contributed by atoms with E-state index in [9.17, 15) is 9.59 Å². The molecular weight excluding hydrogens is 713 g/mol. The minimum Gasteiger partial charge on any atom is -0.398 e. The molecule has 5 aromatic rings. The average molecular weight is 775 g/mol. The number of carbonyl (C=O) groups is 2. The molecule has 2 aliphatic carbocycles. The van der Waals surface area contributed by atoms with Crippen LogP contribution in [0.3, 0.4) is 0 Å². The second-order valence-corrected chi connectivity index (χ2v) is 17.8. The van der Waals surface area contributed by atoms with E-state index in [0.29, 0.717) is 11.1 Å². The summed E-state index contributed by atoms with van der Waals surface area (Å²) in [5.41, 5.74) is 31.0. The average Bonchev–Trinajstić information content (AvgIpc) is 3.21. The predicted molar refractivity (Wildman–Crippen MR) is 243 cm³/mol. The first kappa shape index (κ1) is 40.8. The van der Waals surface area contributed by atoms with Gasteiger partial charge in [-0.1, -0.05) is 87.1 Å². The van der Waals surface area contributed by atoms with E-state index in [1.165, 1.54) is 60.8 Å². The fraction of sp³-hybridized carbons (Fsp3) is 0.385. The van der Waals surface area contributed by atoms with Gasteiger partial charge in [-0.15, -0.1) is 0 Å². The maximum Gasteiger partial charge on any atom is 0.255 e. The van der Waals surface area contributed by atoms with Crippen LogP contribution in [-0.2, 0) is 10.8 Å².